The molecular weight excluding hydrogens is 705 g/mol. The molecule has 0 unspecified atom stereocenters. The van der Waals surface area contributed by atoms with Crippen LogP contribution < -0.4 is 5.32 Å². The fourth-order valence-corrected chi connectivity index (χ4v) is 7.57. The molecule has 0 spiro atoms. The predicted octanol–water partition coefficient (Wildman–Crippen LogP) is 10.4. The van der Waals surface area contributed by atoms with Crippen molar-refractivity contribution in [3.63, 3.8) is 0 Å². The van der Waals surface area contributed by atoms with Crippen LogP contribution in [0.2, 0.25) is 0 Å². The summed E-state index contributed by atoms with van der Waals surface area (Å²) in [5.41, 5.74) is 9.22. The van der Waals surface area contributed by atoms with Gasteiger partial charge in [-0.25, -0.2) is 4.98 Å². The molecule has 1 saturated heterocycles. The number of aliphatic hydroxyl groups is 1. The first-order chi connectivity index (χ1) is 27.1. The number of aliphatic hydroxyl groups excluding tert-OH is 1. The molecule has 1 aliphatic heterocycles. The van der Waals surface area contributed by atoms with Crippen molar-refractivity contribution in [2.45, 2.75) is 43.3 Å². The van der Waals surface area contributed by atoms with Crippen LogP contribution in [0.3, 0.4) is 0 Å². The Morgan fingerprint density at radius 3 is 2.05 bits per heavy atom. The zero-order valence-electron chi connectivity index (χ0n) is 30.1. The highest BCUT2D eigenvalue weighted by molar-refractivity contribution is 7.99. The normalized spacial score (nSPS) is 16.8. The second-order valence-corrected chi connectivity index (χ2v) is 14.4. The van der Waals surface area contributed by atoms with Crippen LogP contribution in [-0.4, -0.2) is 27.9 Å². The number of nitrogens with one attached hydrogen (secondary N) is 1. The molecule has 0 bridgehead atoms. The lowest BCUT2D eigenvalue weighted by atomic mass is 9.99. The van der Waals surface area contributed by atoms with Gasteiger partial charge in [-0.1, -0.05) is 151 Å². The van der Waals surface area contributed by atoms with Gasteiger partial charge in [0.2, 0.25) is 0 Å². The number of thioether (sulfide) groups is 1. The Kier molecular flexibility index (Phi) is 11.3. The quantitative estimate of drug-likeness (QED) is 0.120. The van der Waals surface area contributed by atoms with Crippen LogP contribution in [0.5, 0.6) is 0 Å². The van der Waals surface area contributed by atoms with Gasteiger partial charge in [-0.15, -0.1) is 0 Å². The lowest BCUT2D eigenvalue weighted by molar-refractivity contribution is -0.245. The third-order valence-corrected chi connectivity index (χ3v) is 10.6. The third-order valence-electron chi connectivity index (χ3n) is 9.61. The minimum Gasteiger partial charge on any atom is -0.431 e. The predicted molar refractivity (Wildman–Crippen MR) is 216 cm³/mol. The average Bonchev–Trinajstić information content (AvgIpc) is 3.70. The molecule has 6 aromatic carbocycles. The van der Waals surface area contributed by atoms with Gasteiger partial charge in [0.1, 0.15) is 5.69 Å². The molecule has 2 N–H and O–H groups in total. The summed E-state index contributed by atoms with van der Waals surface area (Å²) in [6.07, 6.45) is -0.407. The van der Waals surface area contributed by atoms with Crippen LogP contribution in [-0.2, 0) is 22.6 Å². The standard InChI is InChI=1S/C47H40N2O5S/c50-30-32-22-24-34(25-23-32)42-28-41(31-55-47-49-43(35-13-4-1-5-14-35)44(54-47)36-15-6-2-7-16-36)52-46(53-42)40-21-11-20-39(27-40)38-19-10-12-33(26-38)29-48-45(51)37-17-8-3-9-18-37/h1-27,41-42,46,50H,28-31H2,(H,48,51)/t41-,42+,46+/m0/s1. The molecule has 1 amide bonds. The van der Waals surface area contributed by atoms with Gasteiger partial charge in [-0.2, -0.15) is 0 Å². The highest BCUT2D eigenvalue weighted by Gasteiger charge is 2.33. The number of hydrogen-bond acceptors (Lipinski definition) is 7. The number of aromatic nitrogens is 1. The van der Waals surface area contributed by atoms with Crippen molar-refractivity contribution in [2.75, 3.05) is 5.75 Å². The fraction of sp³-hybridized carbons (Fsp3) is 0.149. The molecule has 1 aliphatic rings. The Morgan fingerprint density at radius 2 is 1.33 bits per heavy atom. The number of rotatable bonds is 12. The summed E-state index contributed by atoms with van der Waals surface area (Å²) in [5, 5.41) is 13.3. The molecule has 7 nitrogen and oxygen atoms in total. The van der Waals surface area contributed by atoms with Crippen molar-refractivity contribution < 1.29 is 23.8 Å². The maximum absolute atomic E-state index is 12.7. The number of benzene rings is 6. The number of oxazole rings is 1. The minimum atomic E-state index is -0.625. The minimum absolute atomic E-state index is 0.0176. The van der Waals surface area contributed by atoms with Crippen LogP contribution in [0.15, 0.2) is 173 Å². The Hall–Kier alpha value is -5.77. The van der Waals surface area contributed by atoms with Gasteiger partial charge in [-0.3, -0.25) is 4.79 Å². The van der Waals surface area contributed by atoms with Crippen molar-refractivity contribution in [1.82, 2.24) is 10.3 Å². The monoisotopic (exact) mass is 744 g/mol. The van der Waals surface area contributed by atoms with Crippen LogP contribution >= 0.6 is 11.8 Å². The Balaban J connectivity index is 1.03. The second kappa shape index (κ2) is 17.1. The number of carbonyl (C=O) groups excluding carboxylic acids is 1. The van der Waals surface area contributed by atoms with E-state index in [2.05, 4.69) is 29.6 Å². The van der Waals surface area contributed by atoms with Crippen molar-refractivity contribution >= 4 is 17.7 Å². The van der Waals surface area contributed by atoms with E-state index in [1.165, 1.54) is 11.8 Å². The van der Waals surface area contributed by atoms with Crippen LogP contribution in [0, 0.1) is 0 Å². The maximum Gasteiger partial charge on any atom is 0.256 e. The number of amides is 1. The van der Waals surface area contributed by atoms with E-state index in [0.29, 0.717) is 29.5 Å². The molecule has 8 heteroatoms. The molecule has 1 aromatic heterocycles. The SMILES string of the molecule is O=C(NCc1cccc(-c2cccc([C@@H]3O[C@H](CSc4nc(-c5ccccc5)c(-c5ccccc5)o4)C[C@H](c4ccc(CO)cc4)O3)c2)c1)c1ccccc1. The largest absolute Gasteiger partial charge is 0.431 e. The van der Waals surface area contributed by atoms with Crippen molar-refractivity contribution in [3.8, 4) is 33.7 Å². The van der Waals surface area contributed by atoms with Crippen molar-refractivity contribution in [1.29, 1.82) is 0 Å². The topological polar surface area (TPSA) is 93.8 Å². The maximum atomic E-state index is 12.7. The van der Waals surface area contributed by atoms with E-state index >= 15 is 0 Å². The van der Waals surface area contributed by atoms with Gasteiger partial charge in [-0.05, 0) is 52.1 Å². The summed E-state index contributed by atoms with van der Waals surface area (Å²) in [5.74, 6) is 1.23. The van der Waals surface area contributed by atoms with E-state index in [4.69, 9.17) is 18.9 Å². The number of carbonyl (C=O) groups is 1. The molecule has 2 heterocycles. The number of nitrogens with zero attached hydrogens (tertiary/aromatic N) is 1. The van der Waals surface area contributed by atoms with Gasteiger partial charge in [0.05, 0.1) is 18.8 Å². The van der Waals surface area contributed by atoms with Crippen LogP contribution in [0.25, 0.3) is 33.7 Å². The van der Waals surface area contributed by atoms with Gasteiger partial charge in [0, 0.05) is 41.0 Å². The molecule has 0 saturated carbocycles. The van der Waals surface area contributed by atoms with E-state index in [-0.39, 0.29) is 24.7 Å². The van der Waals surface area contributed by atoms with E-state index in [1.807, 2.05) is 140 Å². The van der Waals surface area contributed by atoms with Gasteiger partial charge in [0.25, 0.3) is 11.1 Å². The van der Waals surface area contributed by atoms with E-state index in [0.717, 1.165) is 56.0 Å². The summed E-state index contributed by atoms with van der Waals surface area (Å²) in [7, 11) is 0. The summed E-state index contributed by atoms with van der Waals surface area (Å²) < 4.78 is 19.9. The Morgan fingerprint density at radius 1 is 0.673 bits per heavy atom. The zero-order chi connectivity index (χ0) is 37.4. The molecule has 8 rings (SSSR count). The molecule has 1 fully saturated rings. The number of ether oxygens (including phenoxy) is 2. The van der Waals surface area contributed by atoms with Gasteiger partial charge >= 0.3 is 0 Å². The molecule has 55 heavy (non-hydrogen) atoms. The first kappa shape index (κ1) is 36.2. The fourth-order valence-electron chi connectivity index (χ4n) is 6.73. The van der Waals surface area contributed by atoms with E-state index in [9.17, 15) is 9.90 Å². The van der Waals surface area contributed by atoms with Gasteiger partial charge < -0.3 is 24.3 Å². The first-order valence-corrected chi connectivity index (χ1v) is 19.4. The van der Waals surface area contributed by atoms with Crippen LogP contribution in [0.4, 0.5) is 0 Å². The number of hydrogen-bond donors (Lipinski definition) is 2. The summed E-state index contributed by atoms with van der Waals surface area (Å²) >= 11 is 1.54. The highest BCUT2D eigenvalue weighted by Crippen LogP contribution is 2.41. The van der Waals surface area contributed by atoms with E-state index in [1.54, 1.807) is 0 Å². The summed E-state index contributed by atoms with van der Waals surface area (Å²) in [6.45, 7) is 0.396. The Bertz CT molecular complexity index is 2270. The third kappa shape index (κ3) is 8.80. The first-order valence-electron chi connectivity index (χ1n) is 18.4. The van der Waals surface area contributed by atoms with E-state index < -0.39 is 6.29 Å². The second-order valence-electron chi connectivity index (χ2n) is 13.4. The lowest BCUT2D eigenvalue weighted by Crippen LogP contribution is -2.31. The molecule has 0 aliphatic carbocycles. The van der Waals surface area contributed by atoms with Crippen molar-refractivity contribution in [2.24, 2.45) is 0 Å². The average molecular weight is 745 g/mol. The molecule has 0 radical (unpaired) electrons. The summed E-state index contributed by atoms with van der Waals surface area (Å²) in [6, 6.07) is 53.7. The molecule has 274 valence electrons. The lowest BCUT2D eigenvalue weighted by Gasteiger charge is -2.36. The molecular formula is C47H40N2O5S. The summed E-state index contributed by atoms with van der Waals surface area (Å²) in [4.78, 5) is 17.6. The molecule has 3 atom stereocenters. The van der Waals surface area contributed by atoms with Crippen LogP contribution in [0.1, 0.15) is 51.4 Å². The Labute approximate surface area is 325 Å². The zero-order valence-corrected chi connectivity index (χ0v) is 30.9. The molecule has 7 aromatic rings. The highest BCUT2D eigenvalue weighted by atomic mass is 32.2. The smallest absolute Gasteiger partial charge is 0.256 e. The van der Waals surface area contributed by atoms with Crippen molar-refractivity contribution in [3.05, 3.63) is 192 Å². The van der Waals surface area contributed by atoms with Gasteiger partial charge in [0.15, 0.2) is 12.1 Å².